The molecule has 4 heteroatoms. The standard InChI is InChI=1S/C11H12ClNOS/c1-7-13-11(15-8(2)14-7)9-3-5-10(12)6-4-9/h3-8H,1-2H3. The Bertz CT molecular complexity index is 377. The van der Waals surface area contributed by atoms with Crippen LogP contribution in [-0.4, -0.2) is 16.7 Å². The average molecular weight is 242 g/mol. The maximum Gasteiger partial charge on any atom is 0.148 e. The Balaban J connectivity index is 2.26. The van der Waals surface area contributed by atoms with Gasteiger partial charge in [-0.1, -0.05) is 35.5 Å². The molecule has 0 saturated heterocycles. The van der Waals surface area contributed by atoms with E-state index in [0.29, 0.717) is 0 Å². The van der Waals surface area contributed by atoms with E-state index in [4.69, 9.17) is 16.3 Å². The summed E-state index contributed by atoms with van der Waals surface area (Å²) >= 11 is 7.47. The molecule has 2 atom stereocenters. The van der Waals surface area contributed by atoms with Gasteiger partial charge in [0.1, 0.15) is 16.7 Å². The molecule has 0 saturated carbocycles. The molecular weight excluding hydrogens is 230 g/mol. The minimum absolute atomic E-state index is 0.0630. The van der Waals surface area contributed by atoms with E-state index in [1.54, 1.807) is 11.8 Å². The van der Waals surface area contributed by atoms with E-state index in [0.717, 1.165) is 15.6 Å². The van der Waals surface area contributed by atoms with Crippen molar-refractivity contribution < 1.29 is 4.74 Å². The van der Waals surface area contributed by atoms with E-state index in [1.165, 1.54) is 0 Å². The third-order valence-electron chi connectivity index (χ3n) is 2.06. The van der Waals surface area contributed by atoms with Gasteiger partial charge < -0.3 is 4.74 Å². The van der Waals surface area contributed by atoms with Crippen LogP contribution in [0.3, 0.4) is 0 Å². The number of aliphatic imine (C=N–C) groups is 1. The van der Waals surface area contributed by atoms with Crippen LogP contribution in [0.4, 0.5) is 0 Å². The summed E-state index contributed by atoms with van der Waals surface area (Å²) in [5, 5.41) is 1.77. The number of nitrogens with zero attached hydrogens (tertiary/aromatic N) is 1. The molecule has 1 aliphatic rings. The number of ether oxygens (including phenoxy) is 1. The van der Waals surface area contributed by atoms with Crippen molar-refractivity contribution in [3.8, 4) is 0 Å². The fourth-order valence-corrected chi connectivity index (χ4v) is 2.56. The summed E-state index contributed by atoms with van der Waals surface area (Å²) in [6, 6.07) is 7.73. The summed E-state index contributed by atoms with van der Waals surface area (Å²) in [4.78, 5) is 4.45. The topological polar surface area (TPSA) is 21.6 Å². The lowest BCUT2D eigenvalue weighted by Gasteiger charge is -2.23. The largest absolute Gasteiger partial charge is 0.343 e. The van der Waals surface area contributed by atoms with E-state index in [1.807, 2.05) is 38.1 Å². The molecule has 0 N–H and O–H groups in total. The minimum atomic E-state index is -0.0630. The molecule has 1 aromatic rings. The first-order chi connectivity index (χ1) is 7.15. The highest BCUT2D eigenvalue weighted by atomic mass is 35.5. The summed E-state index contributed by atoms with van der Waals surface area (Å²) in [5.74, 6) is 0. The fraction of sp³-hybridized carbons (Fsp3) is 0.364. The second-order valence-electron chi connectivity index (χ2n) is 3.36. The number of benzene rings is 1. The fourth-order valence-electron chi connectivity index (χ4n) is 1.42. The van der Waals surface area contributed by atoms with Crippen LogP contribution in [-0.2, 0) is 4.74 Å². The van der Waals surface area contributed by atoms with Crippen molar-refractivity contribution in [1.29, 1.82) is 0 Å². The van der Waals surface area contributed by atoms with Crippen LogP contribution in [0.2, 0.25) is 5.02 Å². The van der Waals surface area contributed by atoms with E-state index in [-0.39, 0.29) is 11.7 Å². The second kappa shape index (κ2) is 4.56. The van der Waals surface area contributed by atoms with Gasteiger partial charge >= 0.3 is 0 Å². The summed E-state index contributed by atoms with van der Waals surface area (Å²) < 4.78 is 5.51. The van der Waals surface area contributed by atoms with Crippen molar-refractivity contribution >= 4 is 28.4 Å². The van der Waals surface area contributed by atoms with Gasteiger partial charge in [-0.3, -0.25) is 0 Å². The summed E-state index contributed by atoms with van der Waals surface area (Å²) in [7, 11) is 0. The third kappa shape index (κ3) is 2.74. The molecule has 0 bridgehead atoms. The van der Waals surface area contributed by atoms with Crippen molar-refractivity contribution in [2.75, 3.05) is 0 Å². The number of hydrogen-bond acceptors (Lipinski definition) is 3. The molecule has 1 aromatic carbocycles. The molecule has 2 unspecified atom stereocenters. The van der Waals surface area contributed by atoms with Crippen LogP contribution in [0.5, 0.6) is 0 Å². The molecule has 0 aromatic heterocycles. The first kappa shape index (κ1) is 11.0. The zero-order chi connectivity index (χ0) is 10.8. The quantitative estimate of drug-likeness (QED) is 0.750. The smallest absolute Gasteiger partial charge is 0.148 e. The molecular formula is C11H12ClNOS. The minimum Gasteiger partial charge on any atom is -0.343 e. The van der Waals surface area contributed by atoms with E-state index >= 15 is 0 Å². The summed E-state index contributed by atoms with van der Waals surface area (Å²) in [5.41, 5.74) is 1.26. The summed E-state index contributed by atoms with van der Waals surface area (Å²) in [6.07, 6.45) is -0.0630. The first-order valence-electron chi connectivity index (χ1n) is 4.81. The predicted octanol–water partition coefficient (Wildman–Crippen LogP) is 3.54. The molecule has 2 nitrogen and oxygen atoms in total. The third-order valence-corrected chi connectivity index (χ3v) is 3.32. The van der Waals surface area contributed by atoms with Crippen LogP contribution in [0.15, 0.2) is 29.3 Å². The van der Waals surface area contributed by atoms with Crippen LogP contribution in [0.25, 0.3) is 0 Å². The first-order valence-corrected chi connectivity index (χ1v) is 6.07. The molecule has 0 spiro atoms. The van der Waals surface area contributed by atoms with Crippen molar-refractivity contribution in [2.45, 2.75) is 25.5 Å². The lowest BCUT2D eigenvalue weighted by atomic mass is 10.2. The van der Waals surface area contributed by atoms with E-state index in [2.05, 4.69) is 4.99 Å². The van der Waals surface area contributed by atoms with Crippen LogP contribution in [0.1, 0.15) is 19.4 Å². The van der Waals surface area contributed by atoms with Gasteiger partial charge in [-0.15, -0.1) is 0 Å². The Morgan fingerprint density at radius 3 is 2.53 bits per heavy atom. The Kier molecular flexibility index (Phi) is 3.34. The molecule has 0 amide bonds. The number of thioether (sulfide) groups is 1. The molecule has 2 rings (SSSR count). The number of halogens is 1. The maximum absolute atomic E-state index is 5.84. The van der Waals surface area contributed by atoms with E-state index in [9.17, 15) is 0 Å². The second-order valence-corrected chi connectivity index (χ2v) is 5.08. The molecule has 15 heavy (non-hydrogen) atoms. The SMILES string of the molecule is CC1N=C(c2ccc(Cl)cc2)SC(C)O1. The van der Waals surface area contributed by atoms with Crippen LogP contribution in [0, 0.1) is 0 Å². The Morgan fingerprint density at radius 2 is 1.93 bits per heavy atom. The van der Waals surface area contributed by atoms with Gasteiger partial charge in [0.15, 0.2) is 0 Å². The highest BCUT2D eigenvalue weighted by Crippen LogP contribution is 2.27. The monoisotopic (exact) mass is 241 g/mol. The van der Waals surface area contributed by atoms with Crippen molar-refractivity contribution in [3.63, 3.8) is 0 Å². The Labute approximate surface area is 98.7 Å². The average Bonchev–Trinajstić information content (AvgIpc) is 2.17. The highest BCUT2D eigenvalue weighted by Gasteiger charge is 2.19. The lowest BCUT2D eigenvalue weighted by molar-refractivity contribution is 0.0607. The van der Waals surface area contributed by atoms with E-state index < -0.39 is 0 Å². The van der Waals surface area contributed by atoms with Crippen molar-refractivity contribution in [3.05, 3.63) is 34.9 Å². The van der Waals surface area contributed by atoms with Gasteiger partial charge in [-0.2, -0.15) is 0 Å². The normalized spacial score (nSPS) is 26.2. The van der Waals surface area contributed by atoms with Crippen molar-refractivity contribution in [1.82, 2.24) is 0 Å². The molecule has 1 heterocycles. The molecule has 80 valence electrons. The maximum atomic E-state index is 5.84. The molecule has 0 aliphatic carbocycles. The van der Waals surface area contributed by atoms with Gasteiger partial charge in [0.25, 0.3) is 0 Å². The van der Waals surface area contributed by atoms with Crippen LogP contribution < -0.4 is 0 Å². The molecule has 0 fully saturated rings. The number of hydrogen-bond donors (Lipinski definition) is 0. The Morgan fingerprint density at radius 1 is 1.27 bits per heavy atom. The van der Waals surface area contributed by atoms with Crippen molar-refractivity contribution in [2.24, 2.45) is 4.99 Å². The zero-order valence-electron chi connectivity index (χ0n) is 8.61. The lowest BCUT2D eigenvalue weighted by Crippen LogP contribution is -2.21. The van der Waals surface area contributed by atoms with Gasteiger partial charge in [0.05, 0.1) is 0 Å². The highest BCUT2D eigenvalue weighted by molar-refractivity contribution is 8.14. The zero-order valence-corrected chi connectivity index (χ0v) is 10.2. The Hall–Kier alpha value is -0.510. The molecule has 1 aliphatic heterocycles. The van der Waals surface area contributed by atoms with Gasteiger partial charge in [0.2, 0.25) is 0 Å². The number of rotatable bonds is 1. The van der Waals surface area contributed by atoms with Gasteiger partial charge in [0, 0.05) is 10.6 Å². The summed E-state index contributed by atoms with van der Waals surface area (Å²) in [6.45, 7) is 3.98. The van der Waals surface area contributed by atoms with Gasteiger partial charge in [-0.25, -0.2) is 4.99 Å². The van der Waals surface area contributed by atoms with Gasteiger partial charge in [-0.05, 0) is 26.0 Å². The predicted molar refractivity (Wildman–Crippen MR) is 65.6 cm³/mol. The molecule has 0 radical (unpaired) electrons. The van der Waals surface area contributed by atoms with Crippen LogP contribution >= 0.6 is 23.4 Å².